The number of fused-ring (bicyclic) bond motifs is 1. The van der Waals surface area contributed by atoms with E-state index in [1.165, 1.54) is 30.9 Å². The van der Waals surface area contributed by atoms with Crippen LogP contribution in [0.15, 0.2) is 29.8 Å². The van der Waals surface area contributed by atoms with E-state index in [4.69, 9.17) is 9.47 Å². The molecule has 0 spiro atoms. The van der Waals surface area contributed by atoms with Gasteiger partial charge in [0.15, 0.2) is 11.5 Å². The number of ether oxygens (including phenoxy) is 2. The lowest BCUT2D eigenvalue weighted by molar-refractivity contribution is -0.112. The highest BCUT2D eigenvalue weighted by Gasteiger charge is 2.59. The summed E-state index contributed by atoms with van der Waals surface area (Å²) in [7, 11) is 1.44. The van der Waals surface area contributed by atoms with E-state index in [1.54, 1.807) is 0 Å². The van der Waals surface area contributed by atoms with Crippen molar-refractivity contribution in [2.75, 3.05) is 7.11 Å². The molecule has 2 N–H and O–H groups in total. The summed E-state index contributed by atoms with van der Waals surface area (Å²) < 4.78 is 11.1. The minimum Gasteiger partial charge on any atom is -0.504 e. The Morgan fingerprint density at radius 3 is 2.64 bits per heavy atom. The predicted octanol–water partition coefficient (Wildman–Crippen LogP) is 4.47. The third-order valence-corrected chi connectivity index (χ3v) is 6.87. The third kappa shape index (κ3) is 3.52. The molecule has 0 bridgehead atoms. The van der Waals surface area contributed by atoms with Gasteiger partial charge in [0.1, 0.15) is 6.10 Å². The van der Waals surface area contributed by atoms with Crippen LogP contribution < -0.4 is 4.74 Å². The highest BCUT2D eigenvalue weighted by Crippen LogP contribution is 2.58. The SMILES string of the molecule is COc1cc(C(=O)O[C@H]2CC(C)=CC[C@]3(C)CC[C@](O)(C(C)C)[C@@H]23)ccc1O. The fourth-order valence-corrected chi connectivity index (χ4v) is 5.09. The average Bonchev–Trinajstić information content (AvgIpc) is 2.85. The summed E-state index contributed by atoms with van der Waals surface area (Å²) >= 11 is 0. The van der Waals surface area contributed by atoms with Gasteiger partial charge < -0.3 is 19.7 Å². The summed E-state index contributed by atoms with van der Waals surface area (Å²) in [6.07, 6.45) is 4.98. The Bertz CT molecular complexity index is 783. The molecule has 3 rings (SSSR count). The number of methoxy groups -OCH3 is 1. The highest BCUT2D eigenvalue weighted by molar-refractivity contribution is 5.90. The van der Waals surface area contributed by atoms with Gasteiger partial charge in [-0.25, -0.2) is 4.79 Å². The van der Waals surface area contributed by atoms with Crippen LogP contribution in [0.1, 0.15) is 63.7 Å². The summed E-state index contributed by atoms with van der Waals surface area (Å²) in [6.45, 7) is 8.35. The van der Waals surface area contributed by atoms with Crippen molar-refractivity contribution in [3.63, 3.8) is 0 Å². The summed E-state index contributed by atoms with van der Waals surface area (Å²) in [5.74, 6) is -0.302. The first-order valence-corrected chi connectivity index (χ1v) is 10.1. The number of esters is 1. The number of carbonyl (C=O) groups excluding carboxylic acids is 1. The quantitative estimate of drug-likeness (QED) is 0.588. The molecule has 1 fully saturated rings. The van der Waals surface area contributed by atoms with E-state index in [9.17, 15) is 15.0 Å². The van der Waals surface area contributed by atoms with Gasteiger partial charge in [-0.1, -0.05) is 32.4 Å². The lowest BCUT2D eigenvalue weighted by atomic mass is 9.67. The number of carbonyl (C=O) groups is 1. The molecule has 1 aromatic rings. The Kier molecular flexibility index (Phi) is 5.50. The van der Waals surface area contributed by atoms with Crippen molar-refractivity contribution in [2.24, 2.45) is 17.3 Å². The van der Waals surface area contributed by atoms with Crippen LogP contribution in [0.3, 0.4) is 0 Å². The van der Waals surface area contributed by atoms with Gasteiger partial charge in [0.25, 0.3) is 0 Å². The van der Waals surface area contributed by atoms with Gasteiger partial charge >= 0.3 is 5.97 Å². The van der Waals surface area contributed by atoms with E-state index in [0.29, 0.717) is 12.0 Å². The molecule has 1 saturated carbocycles. The van der Waals surface area contributed by atoms with E-state index in [1.807, 2.05) is 13.8 Å². The Morgan fingerprint density at radius 2 is 2.00 bits per heavy atom. The molecular weight excluding hydrogens is 356 g/mol. The van der Waals surface area contributed by atoms with E-state index >= 15 is 0 Å². The van der Waals surface area contributed by atoms with E-state index in [2.05, 4.69) is 19.9 Å². The van der Waals surface area contributed by atoms with Crippen molar-refractivity contribution in [2.45, 2.75) is 65.1 Å². The molecule has 0 amide bonds. The number of allylic oxidation sites excluding steroid dienone is 1. The second kappa shape index (κ2) is 7.43. The van der Waals surface area contributed by atoms with Crippen LogP contribution in [0.4, 0.5) is 0 Å². The Hall–Kier alpha value is -2.01. The van der Waals surface area contributed by atoms with Crippen molar-refractivity contribution in [3.8, 4) is 11.5 Å². The van der Waals surface area contributed by atoms with Crippen molar-refractivity contribution in [3.05, 3.63) is 35.4 Å². The number of benzene rings is 1. The van der Waals surface area contributed by atoms with Crippen LogP contribution in [-0.4, -0.2) is 35.0 Å². The van der Waals surface area contributed by atoms with Crippen LogP contribution in [-0.2, 0) is 4.74 Å². The number of phenolic OH excluding ortho intramolecular Hbond substituents is 1. The number of aliphatic hydroxyl groups is 1. The Balaban J connectivity index is 1.93. The van der Waals surface area contributed by atoms with Crippen molar-refractivity contribution in [1.29, 1.82) is 0 Å². The number of phenols is 1. The fourth-order valence-electron chi connectivity index (χ4n) is 5.09. The van der Waals surface area contributed by atoms with Crippen LogP contribution in [0.5, 0.6) is 11.5 Å². The minimum atomic E-state index is -0.856. The van der Waals surface area contributed by atoms with Crippen molar-refractivity contribution < 1.29 is 24.5 Å². The highest BCUT2D eigenvalue weighted by atomic mass is 16.5. The lowest BCUT2D eigenvalue weighted by Crippen LogP contribution is -2.50. The second-order valence-electron chi connectivity index (χ2n) is 9.07. The second-order valence-corrected chi connectivity index (χ2v) is 9.07. The first kappa shape index (κ1) is 20.7. The zero-order chi connectivity index (χ0) is 20.7. The lowest BCUT2D eigenvalue weighted by Gasteiger charge is -2.43. The average molecular weight is 389 g/mol. The smallest absolute Gasteiger partial charge is 0.338 e. The molecular formula is C23H32O5. The molecule has 28 heavy (non-hydrogen) atoms. The van der Waals surface area contributed by atoms with Gasteiger partial charge in [0.2, 0.25) is 0 Å². The molecule has 4 atom stereocenters. The number of hydrogen-bond donors (Lipinski definition) is 2. The molecule has 0 radical (unpaired) electrons. The fraction of sp³-hybridized carbons (Fsp3) is 0.609. The molecule has 0 aliphatic heterocycles. The van der Waals surface area contributed by atoms with E-state index < -0.39 is 17.7 Å². The van der Waals surface area contributed by atoms with Crippen molar-refractivity contribution in [1.82, 2.24) is 0 Å². The van der Waals surface area contributed by atoms with E-state index in [0.717, 1.165) is 19.3 Å². The largest absolute Gasteiger partial charge is 0.504 e. The van der Waals surface area contributed by atoms with Crippen LogP contribution in [0.2, 0.25) is 0 Å². The summed E-state index contributed by atoms with van der Waals surface area (Å²) in [4.78, 5) is 12.9. The van der Waals surface area contributed by atoms with Crippen LogP contribution in [0.25, 0.3) is 0 Å². The maximum absolute atomic E-state index is 12.9. The molecule has 0 heterocycles. The summed E-state index contributed by atoms with van der Waals surface area (Å²) in [6, 6.07) is 4.44. The predicted molar refractivity (Wildman–Crippen MR) is 107 cm³/mol. The Labute approximate surface area is 167 Å². The maximum Gasteiger partial charge on any atom is 0.338 e. The number of hydrogen-bond acceptors (Lipinski definition) is 5. The standard InChI is InChI=1S/C23H32O5/c1-14(2)23(26)11-10-22(4)9-8-15(3)12-19(20(22)23)28-21(25)16-6-7-17(24)18(13-16)27-5/h6-8,13-14,19-20,24,26H,9-12H2,1-5H3/t19-,20-,22+,23-/m0/s1. The normalized spacial score (nSPS) is 32.5. The monoisotopic (exact) mass is 388 g/mol. The van der Waals surface area contributed by atoms with Gasteiger partial charge in [-0.3, -0.25) is 0 Å². The van der Waals surface area contributed by atoms with Crippen LogP contribution >= 0.6 is 0 Å². The summed E-state index contributed by atoms with van der Waals surface area (Å²) in [5, 5.41) is 21.3. The molecule has 154 valence electrons. The maximum atomic E-state index is 12.9. The zero-order valence-electron chi connectivity index (χ0n) is 17.5. The summed E-state index contributed by atoms with van der Waals surface area (Å²) in [5.41, 5.74) is 0.551. The van der Waals surface area contributed by atoms with Crippen LogP contribution in [0, 0.1) is 17.3 Å². The molecule has 0 aromatic heterocycles. The van der Waals surface area contributed by atoms with Gasteiger partial charge in [0, 0.05) is 12.3 Å². The molecule has 0 unspecified atom stereocenters. The third-order valence-electron chi connectivity index (χ3n) is 6.87. The number of aromatic hydroxyl groups is 1. The molecule has 5 heteroatoms. The van der Waals surface area contributed by atoms with Gasteiger partial charge in [-0.05, 0) is 55.7 Å². The van der Waals surface area contributed by atoms with Gasteiger partial charge in [-0.2, -0.15) is 0 Å². The van der Waals surface area contributed by atoms with Crippen molar-refractivity contribution >= 4 is 5.97 Å². The zero-order valence-corrected chi connectivity index (χ0v) is 17.5. The Morgan fingerprint density at radius 1 is 1.29 bits per heavy atom. The molecule has 2 aliphatic carbocycles. The number of rotatable bonds is 4. The molecule has 5 nitrogen and oxygen atoms in total. The van der Waals surface area contributed by atoms with Gasteiger partial charge in [0.05, 0.1) is 18.3 Å². The first-order valence-electron chi connectivity index (χ1n) is 10.1. The molecule has 0 saturated heterocycles. The van der Waals surface area contributed by atoms with E-state index in [-0.39, 0.29) is 28.7 Å². The molecule has 2 aliphatic rings. The topological polar surface area (TPSA) is 76.0 Å². The minimum absolute atomic E-state index is 0.0233. The first-order chi connectivity index (χ1) is 13.1. The van der Waals surface area contributed by atoms with Gasteiger partial charge in [-0.15, -0.1) is 0 Å². The molecule has 1 aromatic carbocycles.